The van der Waals surface area contributed by atoms with Crippen molar-refractivity contribution in [3.05, 3.63) is 23.0 Å². The third-order valence-electron chi connectivity index (χ3n) is 1.42. The lowest BCUT2D eigenvalue weighted by molar-refractivity contribution is 0.410. The minimum Gasteiger partial charge on any atom is -0.495 e. The summed E-state index contributed by atoms with van der Waals surface area (Å²) in [5.74, 6) is -0.0682. The zero-order chi connectivity index (χ0) is 9.14. The van der Waals surface area contributed by atoms with E-state index >= 15 is 0 Å². The molecule has 0 atom stereocenters. The van der Waals surface area contributed by atoms with Crippen LogP contribution in [0.25, 0.3) is 0 Å². The molecule has 0 aliphatic rings. The summed E-state index contributed by atoms with van der Waals surface area (Å²) in [6, 6.07) is 3.09. The van der Waals surface area contributed by atoms with Gasteiger partial charge in [0, 0.05) is 4.90 Å². The van der Waals surface area contributed by atoms with Crippen molar-refractivity contribution in [3.63, 3.8) is 0 Å². The van der Waals surface area contributed by atoms with Crippen LogP contribution in [0.2, 0.25) is 5.02 Å². The number of methoxy groups -OCH3 is 1. The van der Waals surface area contributed by atoms with E-state index in [-0.39, 0.29) is 5.02 Å². The van der Waals surface area contributed by atoms with E-state index in [1.807, 2.05) is 6.26 Å². The molecule has 4 heteroatoms. The number of hydrogen-bond donors (Lipinski definition) is 0. The lowest BCUT2D eigenvalue weighted by Crippen LogP contribution is -1.87. The molecule has 1 nitrogen and oxygen atoms in total. The van der Waals surface area contributed by atoms with Gasteiger partial charge in [0.25, 0.3) is 0 Å². The van der Waals surface area contributed by atoms with Crippen LogP contribution in [0.5, 0.6) is 5.75 Å². The average molecular weight is 207 g/mol. The van der Waals surface area contributed by atoms with E-state index in [0.717, 1.165) is 4.90 Å². The van der Waals surface area contributed by atoms with E-state index in [4.69, 9.17) is 16.3 Å². The Kier molecular flexibility index (Phi) is 3.23. The standard InChI is InChI=1S/C8H8ClFOS/c1-11-7-4-5(12-2)3-6(10)8(7)9/h3-4H,1-2H3. The molecule has 0 aliphatic heterocycles. The predicted octanol–water partition coefficient (Wildman–Crippen LogP) is 3.21. The molecule has 0 spiro atoms. The highest BCUT2D eigenvalue weighted by Crippen LogP contribution is 2.31. The molecule has 0 heterocycles. The van der Waals surface area contributed by atoms with Crippen LogP contribution in [-0.2, 0) is 0 Å². The Morgan fingerprint density at radius 1 is 1.50 bits per heavy atom. The number of rotatable bonds is 2. The van der Waals surface area contributed by atoms with Crippen LogP contribution in [0.4, 0.5) is 4.39 Å². The maximum absolute atomic E-state index is 13.0. The lowest BCUT2D eigenvalue weighted by Gasteiger charge is -2.05. The van der Waals surface area contributed by atoms with Gasteiger partial charge in [-0.15, -0.1) is 11.8 Å². The quantitative estimate of drug-likeness (QED) is 0.688. The van der Waals surface area contributed by atoms with Crippen LogP contribution in [0.15, 0.2) is 17.0 Å². The van der Waals surface area contributed by atoms with E-state index < -0.39 is 5.82 Å². The SMILES string of the molecule is COc1cc(SC)cc(F)c1Cl. The number of benzene rings is 1. The fourth-order valence-corrected chi connectivity index (χ4v) is 1.44. The molecule has 1 rings (SSSR count). The van der Waals surface area contributed by atoms with E-state index in [1.165, 1.54) is 24.9 Å². The van der Waals surface area contributed by atoms with Gasteiger partial charge in [-0.2, -0.15) is 0 Å². The average Bonchev–Trinajstić information content (AvgIpc) is 2.09. The number of thioether (sulfide) groups is 1. The van der Waals surface area contributed by atoms with Crippen LogP contribution in [0.3, 0.4) is 0 Å². The molecule has 0 aliphatic carbocycles. The summed E-state index contributed by atoms with van der Waals surface area (Å²) in [4.78, 5) is 0.800. The molecule has 1 aromatic carbocycles. The molecule has 0 amide bonds. The second-order valence-corrected chi connectivity index (χ2v) is 3.38. The maximum Gasteiger partial charge on any atom is 0.146 e. The summed E-state index contributed by atoms with van der Waals surface area (Å²) in [6.07, 6.45) is 1.86. The minimum absolute atomic E-state index is 0.0373. The van der Waals surface area contributed by atoms with Gasteiger partial charge < -0.3 is 4.74 Å². The summed E-state index contributed by atoms with van der Waals surface area (Å²) < 4.78 is 17.9. The van der Waals surface area contributed by atoms with Crippen molar-refractivity contribution < 1.29 is 9.13 Å². The highest BCUT2D eigenvalue weighted by molar-refractivity contribution is 7.98. The van der Waals surface area contributed by atoms with Crippen LogP contribution >= 0.6 is 23.4 Å². The van der Waals surface area contributed by atoms with E-state index in [0.29, 0.717) is 5.75 Å². The molecule has 0 fully saturated rings. The molecular weight excluding hydrogens is 199 g/mol. The number of halogens is 2. The first kappa shape index (κ1) is 9.68. The highest BCUT2D eigenvalue weighted by Gasteiger charge is 2.08. The van der Waals surface area contributed by atoms with Crippen LogP contribution in [0, 0.1) is 5.82 Å². The van der Waals surface area contributed by atoms with Gasteiger partial charge in [-0.1, -0.05) is 11.6 Å². The van der Waals surface area contributed by atoms with Crippen molar-refractivity contribution in [2.24, 2.45) is 0 Å². The van der Waals surface area contributed by atoms with Gasteiger partial charge in [-0.3, -0.25) is 0 Å². The monoisotopic (exact) mass is 206 g/mol. The third-order valence-corrected chi connectivity index (χ3v) is 2.50. The molecule has 0 saturated carbocycles. The second kappa shape index (κ2) is 4.01. The van der Waals surface area contributed by atoms with E-state index in [9.17, 15) is 4.39 Å². The van der Waals surface area contributed by atoms with Crippen molar-refractivity contribution in [1.82, 2.24) is 0 Å². The Balaban J connectivity index is 3.19. The Morgan fingerprint density at radius 3 is 2.67 bits per heavy atom. The van der Waals surface area contributed by atoms with Gasteiger partial charge >= 0.3 is 0 Å². The summed E-state index contributed by atoms with van der Waals surface area (Å²) in [5, 5.41) is 0.0373. The fourth-order valence-electron chi connectivity index (χ4n) is 0.807. The summed E-state index contributed by atoms with van der Waals surface area (Å²) in [5.41, 5.74) is 0. The smallest absolute Gasteiger partial charge is 0.146 e. The molecule has 12 heavy (non-hydrogen) atoms. The maximum atomic E-state index is 13.0. The first-order valence-corrected chi connectivity index (χ1v) is 4.86. The van der Waals surface area contributed by atoms with Crippen LogP contribution in [-0.4, -0.2) is 13.4 Å². The summed E-state index contributed by atoms with van der Waals surface area (Å²) in [6.45, 7) is 0. The molecule has 0 radical (unpaired) electrons. The molecule has 0 N–H and O–H groups in total. The lowest BCUT2D eigenvalue weighted by atomic mass is 10.3. The van der Waals surface area contributed by atoms with Gasteiger partial charge in [0.1, 0.15) is 16.6 Å². The predicted molar refractivity (Wildman–Crippen MR) is 49.7 cm³/mol. The van der Waals surface area contributed by atoms with E-state index in [1.54, 1.807) is 6.07 Å². The normalized spacial score (nSPS) is 10.0. The van der Waals surface area contributed by atoms with Gasteiger partial charge in [0.05, 0.1) is 7.11 Å². The van der Waals surface area contributed by atoms with Crippen LogP contribution in [0.1, 0.15) is 0 Å². The molecule has 1 aromatic rings. The van der Waals surface area contributed by atoms with Crippen LogP contribution < -0.4 is 4.74 Å². The first-order chi connectivity index (χ1) is 5.69. The Labute approximate surface area is 79.9 Å². The second-order valence-electron chi connectivity index (χ2n) is 2.13. The Bertz CT molecular complexity index is 291. The molecule has 0 aromatic heterocycles. The largest absolute Gasteiger partial charge is 0.495 e. The fraction of sp³-hybridized carbons (Fsp3) is 0.250. The number of hydrogen-bond acceptors (Lipinski definition) is 2. The van der Waals surface area contributed by atoms with Gasteiger partial charge in [-0.25, -0.2) is 4.39 Å². The molecule has 0 bridgehead atoms. The van der Waals surface area contributed by atoms with Gasteiger partial charge in [-0.05, 0) is 18.4 Å². The topological polar surface area (TPSA) is 9.23 Å². The van der Waals surface area contributed by atoms with Crippen molar-refractivity contribution in [3.8, 4) is 5.75 Å². The zero-order valence-corrected chi connectivity index (χ0v) is 8.30. The summed E-state index contributed by atoms with van der Waals surface area (Å²) >= 11 is 7.06. The first-order valence-electron chi connectivity index (χ1n) is 3.26. The molecule has 0 unspecified atom stereocenters. The molecule has 66 valence electrons. The molecular formula is C8H8ClFOS. The van der Waals surface area contributed by atoms with Crippen molar-refractivity contribution >= 4 is 23.4 Å². The third kappa shape index (κ3) is 1.84. The Hall–Kier alpha value is -0.410. The highest BCUT2D eigenvalue weighted by atomic mass is 35.5. The summed E-state index contributed by atoms with van der Waals surface area (Å²) in [7, 11) is 1.46. The van der Waals surface area contributed by atoms with E-state index in [2.05, 4.69) is 0 Å². The Morgan fingerprint density at radius 2 is 2.17 bits per heavy atom. The molecule has 0 saturated heterocycles. The number of ether oxygens (including phenoxy) is 1. The van der Waals surface area contributed by atoms with Gasteiger partial charge in [0.15, 0.2) is 0 Å². The van der Waals surface area contributed by atoms with Gasteiger partial charge in [0.2, 0.25) is 0 Å². The van der Waals surface area contributed by atoms with Crippen molar-refractivity contribution in [2.45, 2.75) is 4.90 Å². The minimum atomic E-state index is -0.444. The zero-order valence-electron chi connectivity index (χ0n) is 6.73. The van der Waals surface area contributed by atoms with Crippen molar-refractivity contribution in [1.29, 1.82) is 0 Å². The van der Waals surface area contributed by atoms with Crippen molar-refractivity contribution in [2.75, 3.05) is 13.4 Å².